The topological polar surface area (TPSA) is 89.9 Å². The second-order valence-electron chi connectivity index (χ2n) is 4.02. The fourth-order valence-electron chi connectivity index (χ4n) is 2.26. The van der Waals surface area contributed by atoms with Gasteiger partial charge in [-0.25, -0.2) is 4.79 Å². The Labute approximate surface area is 80.5 Å². The van der Waals surface area contributed by atoms with Crippen molar-refractivity contribution in [3.8, 4) is 0 Å². The molecule has 3 N–H and O–H groups in total. The van der Waals surface area contributed by atoms with E-state index in [2.05, 4.69) is 5.32 Å². The summed E-state index contributed by atoms with van der Waals surface area (Å²) in [5.41, 5.74) is -0.357. The Kier molecular flexibility index (Phi) is 1.88. The average molecular weight is 200 g/mol. The van der Waals surface area contributed by atoms with Crippen LogP contribution in [0.3, 0.4) is 0 Å². The van der Waals surface area contributed by atoms with Gasteiger partial charge in [0.2, 0.25) is 0 Å². The van der Waals surface area contributed by atoms with E-state index in [9.17, 15) is 9.59 Å². The molecular weight excluding hydrogens is 188 g/mol. The molecule has 2 aliphatic heterocycles. The van der Waals surface area contributed by atoms with E-state index in [0.717, 1.165) is 0 Å². The largest absolute Gasteiger partial charge is 0.481 e. The highest BCUT2D eigenvalue weighted by Gasteiger charge is 2.55. The summed E-state index contributed by atoms with van der Waals surface area (Å²) in [7, 11) is 0. The van der Waals surface area contributed by atoms with Crippen molar-refractivity contribution in [2.45, 2.75) is 0 Å². The van der Waals surface area contributed by atoms with E-state index < -0.39 is 18.0 Å². The van der Waals surface area contributed by atoms with Crippen molar-refractivity contribution in [3.63, 3.8) is 0 Å². The zero-order valence-corrected chi connectivity index (χ0v) is 7.56. The van der Waals surface area contributed by atoms with Crippen LogP contribution in [-0.2, 0) is 4.79 Å². The van der Waals surface area contributed by atoms with E-state index in [4.69, 9.17) is 10.2 Å². The molecule has 0 aromatic carbocycles. The number of rotatable bonds is 1. The van der Waals surface area contributed by atoms with Crippen LogP contribution >= 0.6 is 0 Å². The Morgan fingerprint density at radius 3 is 2.29 bits per heavy atom. The van der Waals surface area contributed by atoms with Gasteiger partial charge in [0.1, 0.15) is 0 Å². The minimum Gasteiger partial charge on any atom is -0.481 e. The van der Waals surface area contributed by atoms with Crippen LogP contribution in [-0.4, -0.2) is 53.4 Å². The molecule has 78 valence electrons. The monoisotopic (exact) mass is 200 g/mol. The van der Waals surface area contributed by atoms with E-state index in [0.29, 0.717) is 19.6 Å². The van der Waals surface area contributed by atoms with E-state index in [1.165, 1.54) is 4.90 Å². The number of nitrogens with zero attached hydrogens (tertiary/aromatic N) is 1. The van der Waals surface area contributed by atoms with Crippen molar-refractivity contribution in [1.82, 2.24) is 10.2 Å². The molecule has 2 rings (SSSR count). The van der Waals surface area contributed by atoms with Crippen molar-refractivity contribution in [1.29, 1.82) is 0 Å². The first kappa shape index (κ1) is 9.26. The van der Waals surface area contributed by atoms with Gasteiger partial charge < -0.3 is 20.4 Å². The Morgan fingerprint density at radius 2 is 2.00 bits per heavy atom. The fraction of sp³-hybridized carbons (Fsp3) is 0.750. The number of hydrogen-bond donors (Lipinski definition) is 3. The number of likely N-dealkylation sites (tertiary alicyclic amines) is 1. The summed E-state index contributed by atoms with van der Waals surface area (Å²) in [6.45, 7) is 1.67. The molecule has 1 amide bonds. The molecule has 2 saturated heterocycles. The van der Waals surface area contributed by atoms with Crippen LogP contribution in [0, 0.1) is 11.3 Å². The van der Waals surface area contributed by atoms with Gasteiger partial charge in [0.05, 0.1) is 5.92 Å². The molecular formula is C8H12N2O4. The standard InChI is InChI=1S/C8H12N2O4/c11-6(12)5-1-10(7(13)14)4-8(5)2-9-3-8/h5,9H,1-4H2,(H,11,12)(H,13,14). The number of nitrogens with one attached hydrogen (secondary N) is 1. The molecule has 1 atom stereocenters. The second kappa shape index (κ2) is 2.84. The van der Waals surface area contributed by atoms with Gasteiger partial charge in [-0.05, 0) is 0 Å². The maximum Gasteiger partial charge on any atom is 0.407 e. The predicted octanol–water partition coefficient (Wildman–Crippen LogP) is -0.730. The minimum atomic E-state index is -1.03. The average Bonchev–Trinajstić information content (AvgIpc) is 2.42. The van der Waals surface area contributed by atoms with Crippen LogP contribution in [0.2, 0.25) is 0 Å². The molecule has 0 bridgehead atoms. The van der Waals surface area contributed by atoms with Crippen molar-refractivity contribution in [3.05, 3.63) is 0 Å². The lowest BCUT2D eigenvalue weighted by atomic mass is 9.73. The van der Waals surface area contributed by atoms with Crippen molar-refractivity contribution >= 4 is 12.1 Å². The van der Waals surface area contributed by atoms with Gasteiger partial charge in [-0.1, -0.05) is 0 Å². The van der Waals surface area contributed by atoms with Crippen LogP contribution in [0.1, 0.15) is 0 Å². The quantitative estimate of drug-likeness (QED) is 0.519. The van der Waals surface area contributed by atoms with Crippen LogP contribution in [0.5, 0.6) is 0 Å². The fourth-order valence-corrected chi connectivity index (χ4v) is 2.26. The van der Waals surface area contributed by atoms with Crippen LogP contribution in [0.25, 0.3) is 0 Å². The molecule has 2 fully saturated rings. The highest BCUT2D eigenvalue weighted by molar-refractivity contribution is 5.75. The normalized spacial score (nSPS) is 28.9. The zero-order chi connectivity index (χ0) is 10.3. The summed E-state index contributed by atoms with van der Waals surface area (Å²) in [6, 6.07) is 0. The third kappa shape index (κ3) is 1.14. The maximum atomic E-state index is 10.9. The number of aliphatic carboxylic acids is 1. The maximum absolute atomic E-state index is 10.9. The number of carboxylic acids is 1. The first-order valence-corrected chi connectivity index (χ1v) is 4.46. The van der Waals surface area contributed by atoms with Crippen LogP contribution in [0.4, 0.5) is 4.79 Å². The molecule has 1 unspecified atom stereocenters. The van der Waals surface area contributed by atoms with Gasteiger partial charge in [-0.2, -0.15) is 0 Å². The molecule has 0 aromatic heterocycles. The number of carboxylic acid groups (broad SMARTS) is 2. The summed E-state index contributed by atoms with van der Waals surface area (Å²) in [6.07, 6.45) is -1.03. The Hall–Kier alpha value is -1.30. The van der Waals surface area contributed by atoms with E-state index in [1.54, 1.807) is 0 Å². The summed E-state index contributed by atoms with van der Waals surface area (Å²) in [5, 5.41) is 20.7. The van der Waals surface area contributed by atoms with Gasteiger partial charge in [-0.15, -0.1) is 0 Å². The Balaban J connectivity index is 2.16. The SMILES string of the molecule is O=C(O)C1CN(C(=O)O)CC12CNC2. The number of carbonyl (C=O) groups is 2. The van der Waals surface area contributed by atoms with E-state index in [1.807, 2.05) is 0 Å². The van der Waals surface area contributed by atoms with Gasteiger partial charge in [0.15, 0.2) is 0 Å². The third-order valence-electron chi connectivity index (χ3n) is 3.17. The molecule has 0 saturated carbocycles. The van der Waals surface area contributed by atoms with Crippen LogP contribution in [0.15, 0.2) is 0 Å². The Bertz CT molecular complexity index is 287. The van der Waals surface area contributed by atoms with Gasteiger partial charge in [0.25, 0.3) is 0 Å². The molecule has 1 spiro atoms. The molecule has 0 radical (unpaired) electrons. The van der Waals surface area contributed by atoms with E-state index >= 15 is 0 Å². The second-order valence-corrected chi connectivity index (χ2v) is 4.02. The summed E-state index contributed by atoms with van der Waals surface area (Å²) in [4.78, 5) is 22.8. The molecule has 0 aromatic rings. The first-order valence-electron chi connectivity index (χ1n) is 4.46. The van der Waals surface area contributed by atoms with Crippen molar-refractivity contribution in [2.75, 3.05) is 26.2 Å². The third-order valence-corrected chi connectivity index (χ3v) is 3.17. The summed E-state index contributed by atoms with van der Waals surface area (Å²) in [5.74, 6) is -1.45. The zero-order valence-electron chi connectivity index (χ0n) is 7.56. The van der Waals surface area contributed by atoms with Crippen molar-refractivity contribution in [2.24, 2.45) is 11.3 Å². The first-order chi connectivity index (χ1) is 6.55. The molecule has 0 aliphatic carbocycles. The van der Waals surface area contributed by atoms with Crippen LogP contribution < -0.4 is 5.32 Å². The molecule has 14 heavy (non-hydrogen) atoms. The minimum absolute atomic E-state index is 0.117. The van der Waals surface area contributed by atoms with Gasteiger partial charge in [-0.3, -0.25) is 4.79 Å². The van der Waals surface area contributed by atoms with E-state index in [-0.39, 0.29) is 12.0 Å². The molecule has 6 heteroatoms. The summed E-state index contributed by atoms with van der Waals surface area (Å²) >= 11 is 0. The predicted molar refractivity (Wildman–Crippen MR) is 46.0 cm³/mol. The highest BCUT2D eigenvalue weighted by Crippen LogP contribution is 2.39. The lowest BCUT2D eigenvalue weighted by Crippen LogP contribution is -2.59. The Morgan fingerprint density at radius 1 is 1.36 bits per heavy atom. The number of hydrogen-bond acceptors (Lipinski definition) is 3. The highest BCUT2D eigenvalue weighted by atomic mass is 16.4. The molecule has 2 aliphatic rings. The lowest BCUT2D eigenvalue weighted by Gasteiger charge is -2.41. The lowest BCUT2D eigenvalue weighted by molar-refractivity contribution is -0.145. The van der Waals surface area contributed by atoms with Gasteiger partial charge in [0, 0.05) is 31.6 Å². The molecule has 6 nitrogen and oxygen atoms in total. The number of amides is 1. The van der Waals surface area contributed by atoms with Crippen molar-refractivity contribution < 1.29 is 19.8 Å². The van der Waals surface area contributed by atoms with Gasteiger partial charge >= 0.3 is 12.1 Å². The molecule has 2 heterocycles. The summed E-state index contributed by atoms with van der Waals surface area (Å²) < 4.78 is 0. The smallest absolute Gasteiger partial charge is 0.407 e.